The van der Waals surface area contributed by atoms with Gasteiger partial charge in [-0.25, -0.2) is 8.42 Å². The first-order valence-electron chi connectivity index (χ1n) is 6.81. The van der Waals surface area contributed by atoms with E-state index >= 15 is 0 Å². The van der Waals surface area contributed by atoms with E-state index in [1.165, 1.54) is 19.3 Å². The Balaban J connectivity index is 3.48. The van der Waals surface area contributed by atoms with Crippen molar-refractivity contribution in [1.29, 1.82) is 0 Å². The molecule has 4 heteroatoms. The Kier molecular flexibility index (Phi) is 8.88. The van der Waals surface area contributed by atoms with Crippen molar-refractivity contribution in [2.75, 3.05) is 18.1 Å². The average Bonchev–Trinajstić information content (AvgIpc) is 2.24. The number of sulfone groups is 1. The zero-order chi connectivity index (χ0) is 13.3. The summed E-state index contributed by atoms with van der Waals surface area (Å²) in [5.74, 6) is 1.35. The molecular weight excluding hydrogens is 234 g/mol. The van der Waals surface area contributed by atoms with Crippen molar-refractivity contribution in [3.8, 4) is 0 Å². The Bertz CT molecular complexity index is 273. The summed E-state index contributed by atoms with van der Waals surface area (Å²) in [6.07, 6.45) is 4.43. The van der Waals surface area contributed by atoms with Crippen molar-refractivity contribution < 1.29 is 8.42 Å². The SMILES string of the molecule is CCS(=O)(=O)CCCNC(C)CCCC(C)C. The molecule has 0 aliphatic heterocycles. The van der Waals surface area contributed by atoms with Crippen LogP contribution in [0.3, 0.4) is 0 Å². The van der Waals surface area contributed by atoms with E-state index in [0.29, 0.717) is 11.8 Å². The Hall–Kier alpha value is -0.0900. The monoisotopic (exact) mass is 263 g/mol. The molecule has 0 heterocycles. The zero-order valence-electron chi connectivity index (χ0n) is 11.8. The molecule has 0 aliphatic rings. The van der Waals surface area contributed by atoms with Crippen molar-refractivity contribution >= 4 is 9.84 Å². The molecule has 0 radical (unpaired) electrons. The first kappa shape index (κ1) is 16.9. The van der Waals surface area contributed by atoms with Gasteiger partial charge < -0.3 is 5.32 Å². The molecular formula is C13H29NO2S. The summed E-state index contributed by atoms with van der Waals surface area (Å²) in [5.41, 5.74) is 0. The largest absolute Gasteiger partial charge is 0.314 e. The first-order chi connectivity index (χ1) is 7.87. The number of hydrogen-bond donors (Lipinski definition) is 1. The molecule has 1 atom stereocenters. The number of hydrogen-bond acceptors (Lipinski definition) is 3. The highest BCUT2D eigenvalue weighted by Crippen LogP contribution is 2.08. The Labute approximate surface area is 107 Å². The van der Waals surface area contributed by atoms with Gasteiger partial charge >= 0.3 is 0 Å². The van der Waals surface area contributed by atoms with Crippen LogP contribution in [-0.2, 0) is 9.84 Å². The van der Waals surface area contributed by atoms with Crippen LogP contribution in [0.2, 0.25) is 0 Å². The third-order valence-corrected chi connectivity index (χ3v) is 4.77. The normalized spacial score (nSPS) is 14.2. The van der Waals surface area contributed by atoms with Crippen molar-refractivity contribution in [3.05, 3.63) is 0 Å². The molecule has 17 heavy (non-hydrogen) atoms. The summed E-state index contributed by atoms with van der Waals surface area (Å²) in [7, 11) is -2.79. The summed E-state index contributed by atoms with van der Waals surface area (Å²) in [4.78, 5) is 0. The fraction of sp³-hybridized carbons (Fsp3) is 1.00. The highest BCUT2D eigenvalue weighted by atomic mass is 32.2. The molecule has 0 rings (SSSR count). The van der Waals surface area contributed by atoms with E-state index in [2.05, 4.69) is 26.1 Å². The maximum Gasteiger partial charge on any atom is 0.150 e. The summed E-state index contributed by atoms with van der Waals surface area (Å²) < 4.78 is 22.5. The van der Waals surface area contributed by atoms with Crippen molar-refractivity contribution in [1.82, 2.24) is 5.32 Å². The van der Waals surface area contributed by atoms with Crippen molar-refractivity contribution in [2.45, 2.75) is 59.4 Å². The minimum absolute atomic E-state index is 0.261. The van der Waals surface area contributed by atoms with E-state index in [1.54, 1.807) is 6.92 Å². The third kappa shape index (κ3) is 10.8. The summed E-state index contributed by atoms with van der Waals surface area (Å²) >= 11 is 0. The molecule has 0 bridgehead atoms. The van der Waals surface area contributed by atoms with Gasteiger partial charge in [-0.15, -0.1) is 0 Å². The van der Waals surface area contributed by atoms with Crippen LogP contribution in [0.4, 0.5) is 0 Å². The van der Waals surface area contributed by atoms with E-state index in [9.17, 15) is 8.42 Å². The van der Waals surface area contributed by atoms with Crippen LogP contribution in [0.1, 0.15) is 53.4 Å². The zero-order valence-corrected chi connectivity index (χ0v) is 12.6. The minimum atomic E-state index is -2.79. The number of nitrogens with one attached hydrogen (secondary N) is 1. The van der Waals surface area contributed by atoms with Gasteiger partial charge in [0.1, 0.15) is 9.84 Å². The first-order valence-corrected chi connectivity index (χ1v) is 8.63. The highest BCUT2D eigenvalue weighted by molar-refractivity contribution is 7.91. The topological polar surface area (TPSA) is 46.2 Å². The van der Waals surface area contributed by atoms with Crippen LogP contribution < -0.4 is 5.32 Å². The third-order valence-electron chi connectivity index (χ3n) is 2.98. The second kappa shape index (κ2) is 8.92. The molecule has 0 amide bonds. The molecule has 0 spiro atoms. The van der Waals surface area contributed by atoms with E-state index in [1.807, 2.05) is 0 Å². The molecule has 1 unspecified atom stereocenters. The van der Waals surface area contributed by atoms with Gasteiger partial charge in [0.2, 0.25) is 0 Å². The molecule has 1 N–H and O–H groups in total. The van der Waals surface area contributed by atoms with Gasteiger partial charge in [-0.2, -0.15) is 0 Å². The fourth-order valence-corrected chi connectivity index (χ4v) is 2.59. The smallest absolute Gasteiger partial charge is 0.150 e. The molecule has 0 aliphatic carbocycles. The van der Waals surface area contributed by atoms with Crippen molar-refractivity contribution in [3.63, 3.8) is 0 Å². The van der Waals surface area contributed by atoms with Crippen LogP contribution >= 0.6 is 0 Å². The minimum Gasteiger partial charge on any atom is -0.314 e. The lowest BCUT2D eigenvalue weighted by atomic mass is 10.0. The lowest BCUT2D eigenvalue weighted by Gasteiger charge is -2.14. The van der Waals surface area contributed by atoms with Gasteiger partial charge in [-0.05, 0) is 32.2 Å². The van der Waals surface area contributed by atoms with Crippen LogP contribution in [0.15, 0.2) is 0 Å². The molecule has 104 valence electrons. The summed E-state index contributed by atoms with van der Waals surface area (Å²) in [6, 6.07) is 0.498. The second-order valence-corrected chi connectivity index (χ2v) is 7.74. The van der Waals surface area contributed by atoms with E-state index in [0.717, 1.165) is 18.9 Å². The predicted octanol–water partition coefficient (Wildman–Crippen LogP) is 2.62. The van der Waals surface area contributed by atoms with Gasteiger partial charge in [0, 0.05) is 11.8 Å². The maximum atomic E-state index is 11.3. The Morgan fingerprint density at radius 1 is 1.06 bits per heavy atom. The standard InChI is InChI=1S/C13H29NO2S/c1-5-17(15,16)11-7-10-14-13(4)9-6-8-12(2)3/h12-14H,5-11H2,1-4H3. The lowest BCUT2D eigenvalue weighted by molar-refractivity contribution is 0.457. The van der Waals surface area contributed by atoms with Gasteiger partial charge in [-0.3, -0.25) is 0 Å². The van der Waals surface area contributed by atoms with Gasteiger partial charge in [0.25, 0.3) is 0 Å². The van der Waals surface area contributed by atoms with Crippen molar-refractivity contribution in [2.24, 2.45) is 5.92 Å². The molecule has 0 saturated carbocycles. The second-order valence-electron chi connectivity index (χ2n) is 5.27. The van der Waals surface area contributed by atoms with Crippen LogP contribution in [0.5, 0.6) is 0 Å². The van der Waals surface area contributed by atoms with Crippen LogP contribution in [0, 0.1) is 5.92 Å². The summed E-state index contributed by atoms with van der Waals surface area (Å²) in [6.45, 7) is 9.18. The molecule has 0 saturated heterocycles. The quantitative estimate of drug-likeness (QED) is 0.616. The van der Waals surface area contributed by atoms with E-state index < -0.39 is 9.84 Å². The molecule has 0 aromatic carbocycles. The number of rotatable bonds is 10. The van der Waals surface area contributed by atoms with Crippen LogP contribution in [0.25, 0.3) is 0 Å². The molecule has 0 aromatic rings. The predicted molar refractivity (Wildman–Crippen MR) is 75.1 cm³/mol. The Morgan fingerprint density at radius 3 is 2.24 bits per heavy atom. The van der Waals surface area contributed by atoms with Gasteiger partial charge in [0.05, 0.1) is 5.75 Å². The molecule has 0 aromatic heterocycles. The Morgan fingerprint density at radius 2 is 1.71 bits per heavy atom. The molecule has 3 nitrogen and oxygen atoms in total. The van der Waals surface area contributed by atoms with Gasteiger partial charge in [0.15, 0.2) is 0 Å². The van der Waals surface area contributed by atoms with E-state index in [-0.39, 0.29) is 5.75 Å². The lowest BCUT2D eigenvalue weighted by Crippen LogP contribution is -2.28. The molecule has 0 fully saturated rings. The fourth-order valence-electron chi connectivity index (χ4n) is 1.72. The highest BCUT2D eigenvalue weighted by Gasteiger charge is 2.07. The maximum absolute atomic E-state index is 11.3. The van der Waals surface area contributed by atoms with Gasteiger partial charge in [-0.1, -0.05) is 33.6 Å². The van der Waals surface area contributed by atoms with E-state index in [4.69, 9.17) is 0 Å². The van der Waals surface area contributed by atoms with Crippen LogP contribution in [-0.4, -0.2) is 32.5 Å². The average molecular weight is 263 g/mol. The summed E-state index contributed by atoms with van der Waals surface area (Å²) in [5, 5.41) is 3.39.